The minimum atomic E-state index is -4.24. The summed E-state index contributed by atoms with van der Waals surface area (Å²) in [5.74, 6) is -1.68. The lowest BCUT2D eigenvalue weighted by molar-refractivity contribution is -0.133. The lowest BCUT2D eigenvalue weighted by atomic mass is 10.2. The highest BCUT2D eigenvalue weighted by atomic mass is 35.5. The van der Waals surface area contributed by atoms with Crippen molar-refractivity contribution in [1.29, 1.82) is 0 Å². The van der Waals surface area contributed by atoms with Crippen molar-refractivity contribution in [3.63, 3.8) is 0 Å². The molecule has 120 valence electrons. The molecule has 1 saturated heterocycles. The Balaban J connectivity index is 2.27. The van der Waals surface area contributed by atoms with Crippen molar-refractivity contribution in [2.24, 2.45) is 0 Å². The first-order valence-corrected chi connectivity index (χ1v) is 8.27. The predicted octanol–water partition coefficient (Wildman–Crippen LogP) is 1.21. The Labute approximate surface area is 132 Å². The summed E-state index contributed by atoms with van der Waals surface area (Å²) in [6, 6.07) is 1.08. The van der Waals surface area contributed by atoms with Crippen molar-refractivity contribution in [3.8, 4) is 0 Å². The van der Waals surface area contributed by atoms with Gasteiger partial charge in [0.15, 0.2) is 0 Å². The first-order valence-electron chi connectivity index (χ1n) is 6.41. The number of sulfonamides is 1. The number of aryl methyl sites for hydroxylation is 1. The quantitative estimate of drug-likeness (QED) is 0.890. The van der Waals surface area contributed by atoms with E-state index < -0.39 is 27.8 Å². The van der Waals surface area contributed by atoms with Crippen LogP contribution in [-0.4, -0.2) is 38.2 Å². The first kappa shape index (κ1) is 16.7. The highest BCUT2D eigenvalue weighted by molar-refractivity contribution is 7.90. The number of carbonyl (C=O) groups is 2. The normalized spacial score (nSPS) is 18.6. The van der Waals surface area contributed by atoms with Crippen molar-refractivity contribution >= 4 is 33.4 Å². The predicted molar refractivity (Wildman–Crippen MR) is 77.3 cm³/mol. The Bertz CT molecular complexity index is 751. The zero-order valence-corrected chi connectivity index (χ0v) is 13.5. The zero-order chi connectivity index (χ0) is 16.7. The van der Waals surface area contributed by atoms with Gasteiger partial charge in [-0.15, -0.1) is 0 Å². The molecule has 0 unspecified atom stereocenters. The molecule has 1 fully saturated rings. The Kier molecular flexibility index (Phi) is 4.44. The molecule has 1 atom stereocenters. The number of hydrogen-bond acceptors (Lipinski definition) is 4. The molecule has 0 bridgehead atoms. The third-order valence-corrected chi connectivity index (χ3v) is 5.34. The molecule has 1 aromatic rings. The van der Waals surface area contributed by atoms with E-state index >= 15 is 0 Å². The summed E-state index contributed by atoms with van der Waals surface area (Å²) >= 11 is 5.75. The van der Waals surface area contributed by atoms with E-state index in [1.165, 1.54) is 18.9 Å². The highest BCUT2D eigenvalue weighted by Crippen LogP contribution is 2.25. The smallest absolute Gasteiger partial charge is 0.265 e. The van der Waals surface area contributed by atoms with Crippen molar-refractivity contribution < 1.29 is 22.4 Å². The fraction of sp³-hybridized carbons (Fsp3) is 0.385. The Hall–Kier alpha value is -1.67. The molecule has 1 heterocycles. The lowest BCUT2D eigenvalue weighted by Crippen LogP contribution is -2.44. The van der Waals surface area contributed by atoms with Crippen LogP contribution in [0.2, 0.25) is 5.02 Å². The summed E-state index contributed by atoms with van der Waals surface area (Å²) < 4.78 is 39.7. The summed E-state index contributed by atoms with van der Waals surface area (Å²) in [7, 11) is -2.81. The van der Waals surface area contributed by atoms with Gasteiger partial charge in [0.2, 0.25) is 5.91 Å². The second-order valence-electron chi connectivity index (χ2n) is 5.06. The maximum absolute atomic E-state index is 13.3. The van der Waals surface area contributed by atoms with E-state index in [-0.39, 0.29) is 34.2 Å². The van der Waals surface area contributed by atoms with Crippen molar-refractivity contribution in [1.82, 2.24) is 9.62 Å². The first-order chi connectivity index (χ1) is 10.1. The van der Waals surface area contributed by atoms with E-state index in [9.17, 15) is 22.4 Å². The molecule has 0 saturated carbocycles. The van der Waals surface area contributed by atoms with Crippen LogP contribution < -0.4 is 4.72 Å². The molecule has 6 nitrogen and oxygen atoms in total. The Morgan fingerprint density at radius 1 is 1.45 bits per heavy atom. The van der Waals surface area contributed by atoms with Gasteiger partial charge in [-0.1, -0.05) is 11.6 Å². The van der Waals surface area contributed by atoms with E-state index in [1.54, 1.807) is 0 Å². The number of likely N-dealkylation sites (N-methyl/N-ethyl adjacent to an activating group) is 1. The number of amides is 2. The molecule has 2 amide bonds. The average Bonchev–Trinajstić information content (AvgIpc) is 2.73. The van der Waals surface area contributed by atoms with E-state index in [0.29, 0.717) is 0 Å². The molecule has 1 aliphatic rings. The molecule has 22 heavy (non-hydrogen) atoms. The standard InChI is InChI=1S/C13H14ClFN2O4S/c1-7-5-11(8(14)6-9(7)15)22(20,21)16-13(19)10-3-4-12(18)17(10)2/h5-6,10H,3-4H2,1-2H3,(H,16,19)/t10-/m1/s1. The monoisotopic (exact) mass is 348 g/mol. The number of likely N-dealkylation sites (tertiary alicyclic amines) is 1. The number of halogens is 2. The van der Waals surface area contributed by atoms with Gasteiger partial charge in [-0.3, -0.25) is 9.59 Å². The van der Waals surface area contributed by atoms with Gasteiger partial charge in [-0.2, -0.15) is 0 Å². The third-order valence-electron chi connectivity index (χ3n) is 3.53. The fourth-order valence-electron chi connectivity index (χ4n) is 2.20. The van der Waals surface area contributed by atoms with Crippen LogP contribution in [0.25, 0.3) is 0 Å². The van der Waals surface area contributed by atoms with Crippen LogP contribution in [0.4, 0.5) is 4.39 Å². The zero-order valence-electron chi connectivity index (χ0n) is 11.9. The lowest BCUT2D eigenvalue weighted by Gasteiger charge is -2.19. The van der Waals surface area contributed by atoms with Crippen LogP contribution in [0.1, 0.15) is 18.4 Å². The molecule has 9 heteroatoms. The minimum Gasteiger partial charge on any atom is -0.334 e. The number of carbonyl (C=O) groups excluding carboxylic acids is 2. The molecule has 0 spiro atoms. The molecule has 1 aromatic carbocycles. The maximum Gasteiger partial charge on any atom is 0.265 e. The fourth-order valence-corrected chi connectivity index (χ4v) is 3.82. The Morgan fingerprint density at radius 3 is 2.64 bits per heavy atom. The Morgan fingerprint density at radius 2 is 2.09 bits per heavy atom. The van der Waals surface area contributed by atoms with Gasteiger partial charge in [-0.05, 0) is 31.0 Å². The number of rotatable bonds is 3. The van der Waals surface area contributed by atoms with Crippen molar-refractivity contribution in [3.05, 3.63) is 28.5 Å². The van der Waals surface area contributed by atoms with Gasteiger partial charge >= 0.3 is 0 Å². The van der Waals surface area contributed by atoms with Crippen LogP contribution in [0.15, 0.2) is 17.0 Å². The van der Waals surface area contributed by atoms with Gasteiger partial charge < -0.3 is 4.90 Å². The number of nitrogens with one attached hydrogen (secondary N) is 1. The summed E-state index contributed by atoms with van der Waals surface area (Å²) in [5, 5.41) is -0.320. The van der Waals surface area contributed by atoms with Gasteiger partial charge in [-0.25, -0.2) is 17.5 Å². The topological polar surface area (TPSA) is 83.5 Å². The van der Waals surface area contributed by atoms with Crippen LogP contribution in [0.5, 0.6) is 0 Å². The average molecular weight is 349 g/mol. The van der Waals surface area contributed by atoms with E-state index in [1.807, 2.05) is 4.72 Å². The molecule has 0 aliphatic carbocycles. The van der Waals surface area contributed by atoms with E-state index in [2.05, 4.69) is 0 Å². The largest absolute Gasteiger partial charge is 0.334 e. The van der Waals surface area contributed by atoms with Gasteiger partial charge in [0.05, 0.1) is 5.02 Å². The molecular weight excluding hydrogens is 335 g/mol. The molecule has 1 aliphatic heterocycles. The van der Waals surface area contributed by atoms with E-state index in [0.717, 1.165) is 12.1 Å². The third kappa shape index (κ3) is 3.07. The van der Waals surface area contributed by atoms with Crippen LogP contribution >= 0.6 is 11.6 Å². The van der Waals surface area contributed by atoms with Gasteiger partial charge in [0.25, 0.3) is 15.9 Å². The van der Waals surface area contributed by atoms with Crippen molar-refractivity contribution in [2.45, 2.75) is 30.7 Å². The van der Waals surface area contributed by atoms with Crippen molar-refractivity contribution in [2.75, 3.05) is 7.05 Å². The number of nitrogens with zero attached hydrogens (tertiary/aromatic N) is 1. The highest BCUT2D eigenvalue weighted by Gasteiger charge is 2.35. The van der Waals surface area contributed by atoms with E-state index in [4.69, 9.17) is 11.6 Å². The summed E-state index contributed by atoms with van der Waals surface area (Å²) in [6.45, 7) is 1.38. The van der Waals surface area contributed by atoms with Crippen LogP contribution in [-0.2, 0) is 19.6 Å². The van der Waals surface area contributed by atoms with Crippen LogP contribution in [0, 0.1) is 12.7 Å². The van der Waals surface area contributed by atoms with Gasteiger partial charge in [0.1, 0.15) is 16.8 Å². The molecular formula is C13H14ClFN2O4S. The van der Waals surface area contributed by atoms with Gasteiger partial charge in [0, 0.05) is 13.5 Å². The molecule has 2 rings (SSSR count). The molecule has 0 radical (unpaired) electrons. The summed E-state index contributed by atoms with van der Waals surface area (Å²) in [6.07, 6.45) is 0.428. The minimum absolute atomic E-state index is 0.0883. The molecule has 1 N–H and O–H groups in total. The second-order valence-corrected chi connectivity index (χ2v) is 7.12. The second kappa shape index (κ2) is 5.85. The molecule has 0 aromatic heterocycles. The maximum atomic E-state index is 13.3. The SMILES string of the molecule is Cc1cc(S(=O)(=O)NC(=O)[C@H]2CCC(=O)N2C)c(Cl)cc1F. The summed E-state index contributed by atoms with van der Waals surface area (Å²) in [5.41, 5.74) is 0.0883. The number of benzene rings is 1. The van der Waals surface area contributed by atoms with Crippen LogP contribution in [0.3, 0.4) is 0 Å². The summed E-state index contributed by atoms with van der Waals surface area (Å²) in [4.78, 5) is 24.3. The number of hydrogen-bond donors (Lipinski definition) is 1.